The summed E-state index contributed by atoms with van der Waals surface area (Å²) in [6, 6.07) is 0.330. The van der Waals surface area contributed by atoms with E-state index in [0.717, 1.165) is 44.2 Å². The minimum absolute atomic E-state index is 0.330. The van der Waals surface area contributed by atoms with Crippen molar-refractivity contribution in [3.63, 3.8) is 0 Å². The molecule has 15 heavy (non-hydrogen) atoms. The lowest BCUT2D eigenvalue weighted by atomic mass is 10.3. The van der Waals surface area contributed by atoms with Crippen LogP contribution in [0, 0.1) is 0 Å². The third-order valence-electron chi connectivity index (χ3n) is 2.69. The van der Waals surface area contributed by atoms with Gasteiger partial charge in [0.15, 0.2) is 0 Å². The fraction of sp³-hybridized carbons (Fsp3) is 1.00. The van der Waals surface area contributed by atoms with Crippen molar-refractivity contribution in [1.82, 2.24) is 4.90 Å². The van der Waals surface area contributed by atoms with Crippen LogP contribution in [-0.2, 0) is 4.74 Å². The van der Waals surface area contributed by atoms with Crippen molar-refractivity contribution in [2.75, 3.05) is 37.7 Å². The van der Waals surface area contributed by atoms with E-state index in [0.29, 0.717) is 12.1 Å². The molecule has 0 bridgehead atoms. The van der Waals surface area contributed by atoms with Crippen LogP contribution in [0.1, 0.15) is 20.3 Å². The molecule has 0 aromatic heterocycles. The van der Waals surface area contributed by atoms with Crippen LogP contribution in [0.5, 0.6) is 0 Å². The molecule has 0 aliphatic carbocycles. The number of hydrogen-bond donors (Lipinski definition) is 1. The molecule has 4 heteroatoms. The molecule has 0 aromatic carbocycles. The first-order chi connectivity index (χ1) is 7.22. The van der Waals surface area contributed by atoms with Crippen LogP contribution in [0.2, 0.25) is 0 Å². The van der Waals surface area contributed by atoms with E-state index in [-0.39, 0.29) is 0 Å². The normalized spacial score (nSPS) is 25.4. The van der Waals surface area contributed by atoms with E-state index in [4.69, 9.17) is 10.5 Å². The molecule has 1 aliphatic heterocycles. The van der Waals surface area contributed by atoms with Crippen LogP contribution < -0.4 is 5.73 Å². The second-order valence-corrected chi connectivity index (χ2v) is 5.38. The highest BCUT2D eigenvalue weighted by molar-refractivity contribution is 7.99. The van der Waals surface area contributed by atoms with Gasteiger partial charge >= 0.3 is 0 Å². The summed E-state index contributed by atoms with van der Waals surface area (Å²) in [6.07, 6.45) is 1.53. The molecule has 0 spiro atoms. The molecule has 1 rings (SSSR count). The van der Waals surface area contributed by atoms with Crippen molar-refractivity contribution >= 4 is 11.8 Å². The first kappa shape index (κ1) is 13.3. The molecule has 2 N–H and O–H groups in total. The van der Waals surface area contributed by atoms with Crippen LogP contribution in [0.4, 0.5) is 0 Å². The fourth-order valence-corrected chi connectivity index (χ4v) is 2.82. The topological polar surface area (TPSA) is 38.5 Å². The zero-order valence-electron chi connectivity index (χ0n) is 9.95. The van der Waals surface area contributed by atoms with Crippen molar-refractivity contribution < 1.29 is 4.74 Å². The number of likely N-dealkylation sites (N-methyl/N-ethyl adjacent to an activating group) is 1. The highest BCUT2D eigenvalue weighted by Crippen LogP contribution is 2.12. The molecule has 1 heterocycles. The smallest absolute Gasteiger partial charge is 0.0792 e. The molecule has 0 radical (unpaired) electrons. The predicted octanol–water partition coefficient (Wildman–Crippen LogP) is 1.18. The van der Waals surface area contributed by atoms with E-state index in [2.05, 4.69) is 18.7 Å². The van der Waals surface area contributed by atoms with Crippen LogP contribution in [0.25, 0.3) is 0 Å². The first-order valence-electron chi connectivity index (χ1n) is 5.89. The zero-order chi connectivity index (χ0) is 11.1. The molecule has 1 saturated heterocycles. The van der Waals surface area contributed by atoms with Gasteiger partial charge in [0.05, 0.1) is 12.7 Å². The number of morpholine rings is 1. The van der Waals surface area contributed by atoms with Crippen LogP contribution >= 0.6 is 11.8 Å². The highest BCUT2D eigenvalue weighted by atomic mass is 32.2. The largest absolute Gasteiger partial charge is 0.375 e. The Hall–Kier alpha value is 0.230. The Labute approximate surface area is 97.7 Å². The quantitative estimate of drug-likeness (QED) is 0.698. The van der Waals surface area contributed by atoms with Gasteiger partial charge in [-0.3, -0.25) is 4.90 Å². The standard InChI is InChI=1S/C11H24N2OS/c1-3-13-5-6-14-11(8-13)9-15-7-4-10(2)12/h10-11H,3-9,12H2,1-2H3. The minimum atomic E-state index is 0.330. The second kappa shape index (κ2) is 7.49. The lowest BCUT2D eigenvalue weighted by Crippen LogP contribution is -2.43. The van der Waals surface area contributed by atoms with E-state index < -0.39 is 0 Å². The Balaban J connectivity index is 2.05. The summed E-state index contributed by atoms with van der Waals surface area (Å²) in [6.45, 7) is 8.51. The lowest BCUT2D eigenvalue weighted by molar-refractivity contribution is -0.0137. The number of rotatable bonds is 6. The van der Waals surface area contributed by atoms with Crippen LogP contribution in [0.15, 0.2) is 0 Å². The average molecular weight is 232 g/mol. The maximum Gasteiger partial charge on any atom is 0.0792 e. The Kier molecular flexibility index (Phi) is 6.64. The molecule has 2 unspecified atom stereocenters. The summed E-state index contributed by atoms with van der Waals surface area (Å²) in [5, 5.41) is 0. The lowest BCUT2D eigenvalue weighted by Gasteiger charge is -2.31. The Morgan fingerprint density at radius 2 is 2.40 bits per heavy atom. The van der Waals surface area contributed by atoms with E-state index in [1.807, 2.05) is 11.8 Å². The maximum absolute atomic E-state index is 5.72. The van der Waals surface area contributed by atoms with Gasteiger partial charge in [0.1, 0.15) is 0 Å². The van der Waals surface area contributed by atoms with Crippen molar-refractivity contribution in [3.8, 4) is 0 Å². The molecule has 1 fully saturated rings. The summed E-state index contributed by atoms with van der Waals surface area (Å²) in [7, 11) is 0. The summed E-state index contributed by atoms with van der Waals surface area (Å²) in [5.74, 6) is 2.27. The molecular formula is C11H24N2OS. The van der Waals surface area contributed by atoms with Gasteiger partial charge < -0.3 is 10.5 Å². The number of ether oxygens (including phenoxy) is 1. The van der Waals surface area contributed by atoms with Crippen molar-refractivity contribution in [2.45, 2.75) is 32.4 Å². The summed E-state index contributed by atoms with van der Waals surface area (Å²) >= 11 is 1.97. The van der Waals surface area contributed by atoms with Crippen molar-refractivity contribution in [1.29, 1.82) is 0 Å². The maximum atomic E-state index is 5.72. The van der Waals surface area contributed by atoms with E-state index in [9.17, 15) is 0 Å². The average Bonchev–Trinajstić information content (AvgIpc) is 2.24. The Morgan fingerprint density at radius 3 is 3.07 bits per heavy atom. The van der Waals surface area contributed by atoms with E-state index >= 15 is 0 Å². The Morgan fingerprint density at radius 1 is 1.60 bits per heavy atom. The monoisotopic (exact) mass is 232 g/mol. The van der Waals surface area contributed by atoms with Gasteiger partial charge in [-0.05, 0) is 25.6 Å². The molecule has 0 saturated carbocycles. The van der Waals surface area contributed by atoms with Gasteiger partial charge in [0, 0.05) is 24.9 Å². The van der Waals surface area contributed by atoms with Gasteiger partial charge in [-0.1, -0.05) is 6.92 Å². The van der Waals surface area contributed by atoms with E-state index in [1.54, 1.807) is 0 Å². The molecular weight excluding hydrogens is 208 g/mol. The number of nitrogens with zero attached hydrogens (tertiary/aromatic N) is 1. The summed E-state index contributed by atoms with van der Waals surface area (Å²) in [5.41, 5.74) is 5.70. The zero-order valence-corrected chi connectivity index (χ0v) is 10.8. The number of nitrogens with two attached hydrogens (primary N) is 1. The predicted molar refractivity (Wildman–Crippen MR) is 67.4 cm³/mol. The molecule has 0 amide bonds. The van der Waals surface area contributed by atoms with Gasteiger partial charge in [-0.15, -0.1) is 0 Å². The third-order valence-corrected chi connectivity index (χ3v) is 3.82. The van der Waals surface area contributed by atoms with Gasteiger partial charge in [-0.25, -0.2) is 0 Å². The third kappa shape index (κ3) is 5.76. The van der Waals surface area contributed by atoms with Gasteiger partial charge in [-0.2, -0.15) is 11.8 Å². The fourth-order valence-electron chi connectivity index (χ4n) is 1.65. The SMILES string of the molecule is CCN1CCOC(CSCCC(C)N)C1. The van der Waals surface area contributed by atoms with Crippen LogP contribution in [0.3, 0.4) is 0 Å². The summed E-state index contributed by atoms with van der Waals surface area (Å²) < 4.78 is 5.72. The van der Waals surface area contributed by atoms with Crippen LogP contribution in [-0.4, -0.2) is 54.8 Å². The number of hydrogen-bond acceptors (Lipinski definition) is 4. The highest BCUT2D eigenvalue weighted by Gasteiger charge is 2.18. The van der Waals surface area contributed by atoms with Gasteiger partial charge in [0.25, 0.3) is 0 Å². The minimum Gasteiger partial charge on any atom is -0.375 e. The molecule has 0 aromatic rings. The van der Waals surface area contributed by atoms with Crippen molar-refractivity contribution in [2.24, 2.45) is 5.73 Å². The summed E-state index contributed by atoms with van der Waals surface area (Å²) in [4.78, 5) is 2.46. The molecule has 90 valence electrons. The first-order valence-corrected chi connectivity index (χ1v) is 7.05. The van der Waals surface area contributed by atoms with Gasteiger partial charge in [0.2, 0.25) is 0 Å². The molecule has 3 nitrogen and oxygen atoms in total. The second-order valence-electron chi connectivity index (χ2n) is 4.23. The van der Waals surface area contributed by atoms with Crippen molar-refractivity contribution in [3.05, 3.63) is 0 Å². The Bertz CT molecular complexity index is 167. The molecule has 2 atom stereocenters. The van der Waals surface area contributed by atoms with E-state index in [1.165, 1.54) is 0 Å². The molecule has 1 aliphatic rings. The number of thioether (sulfide) groups is 1.